The average molecular weight is 330 g/mol. The molecule has 2 rings (SSSR count). The van der Waals surface area contributed by atoms with Crippen LogP contribution in [-0.2, 0) is 6.54 Å². The van der Waals surface area contributed by atoms with Crippen LogP contribution >= 0.6 is 0 Å². The van der Waals surface area contributed by atoms with E-state index in [1.165, 1.54) is 5.56 Å². The van der Waals surface area contributed by atoms with Gasteiger partial charge in [-0.3, -0.25) is 4.99 Å². The van der Waals surface area contributed by atoms with Gasteiger partial charge in [0.05, 0.1) is 18.8 Å². The van der Waals surface area contributed by atoms with Gasteiger partial charge in [0.1, 0.15) is 17.6 Å². The normalized spacial score (nSPS) is 12.8. The van der Waals surface area contributed by atoms with Gasteiger partial charge in [-0.2, -0.15) is 0 Å². The molecule has 0 bridgehead atoms. The van der Waals surface area contributed by atoms with Crippen LogP contribution in [-0.4, -0.2) is 30.6 Å². The quantitative estimate of drug-likeness (QED) is 0.629. The molecule has 0 aliphatic rings. The summed E-state index contributed by atoms with van der Waals surface area (Å²) < 4.78 is 11.4. The molecule has 0 amide bonds. The Bertz CT molecular complexity index is 657. The Morgan fingerprint density at radius 1 is 1.21 bits per heavy atom. The minimum Gasteiger partial charge on any atom is -0.489 e. The van der Waals surface area contributed by atoms with E-state index in [1.54, 1.807) is 7.05 Å². The average Bonchev–Trinajstić information content (AvgIpc) is 2.88. The number of oxazole rings is 1. The van der Waals surface area contributed by atoms with Gasteiger partial charge in [0.15, 0.2) is 5.96 Å². The van der Waals surface area contributed by atoms with Crippen molar-refractivity contribution in [3.05, 3.63) is 47.2 Å². The molecule has 130 valence electrons. The summed E-state index contributed by atoms with van der Waals surface area (Å²) in [5, 5.41) is 6.42. The molecule has 1 atom stereocenters. The van der Waals surface area contributed by atoms with E-state index in [4.69, 9.17) is 9.15 Å². The van der Waals surface area contributed by atoms with Crippen LogP contribution in [0.5, 0.6) is 5.75 Å². The molecule has 1 heterocycles. The van der Waals surface area contributed by atoms with Crippen molar-refractivity contribution < 1.29 is 9.15 Å². The zero-order chi connectivity index (χ0) is 17.5. The molecule has 0 radical (unpaired) electrons. The molecule has 0 aliphatic heterocycles. The molecule has 24 heavy (non-hydrogen) atoms. The highest BCUT2D eigenvalue weighted by Crippen LogP contribution is 2.13. The SMILES string of the molecule is CN=C(NCc1nc(C)c(C)o1)NCC(C)Oc1ccc(C)cc1. The maximum Gasteiger partial charge on any atom is 0.214 e. The molecule has 6 nitrogen and oxygen atoms in total. The van der Waals surface area contributed by atoms with Gasteiger partial charge in [0.2, 0.25) is 5.89 Å². The lowest BCUT2D eigenvalue weighted by Crippen LogP contribution is -2.41. The highest BCUT2D eigenvalue weighted by molar-refractivity contribution is 5.79. The van der Waals surface area contributed by atoms with E-state index in [0.29, 0.717) is 24.9 Å². The smallest absolute Gasteiger partial charge is 0.214 e. The molecule has 1 aromatic carbocycles. The fraction of sp³-hybridized carbons (Fsp3) is 0.444. The predicted octanol–water partition coefficient (Wildman–Crippen LogP) is 2.73. The lowest BCUT2D eigenvalue weighted by atomic mass is 10.2. The number of aliphatic imine (C=N–C) groups is 1. The second-order valence-corrected chi connectivity index (χ2v) is 5.80. The summed E-state index contributed by atoms with van der Waals surface area (Å²) in [6.07, 6.45) is 0.0116. The molecule has 6 heteroatoms. The predicted molar refractivity (Wildman–Crippen MR) is 95.4 cm³/mol. The third-order valence-electron chi connectivity index (χ3n) is 3.62. The highest BCUT2D eigenvalue weighted by atomic mass is 16.5. The first-order chi connectivity index (χ1) is 11.5. The molecule has 2 N–H and O–H groups in total. The van der Waals surface area contributed by atoms with Crippen LogP contribution in [0, 0.1) is 20.8 Å². The minimum absolute atomic E-state index is 0.0116. The van der Waals surface area contributed by atoms with Crippen molar-refractivity contribution in [1.29, 1.82) is 0 Å². The van der Waals surface area contributed by atoms with E-state index >= 15 is 0 Å². The van der Waals surface area contributed by atoms with Crippen LogP contribution in [0.1, 0.15) is 29.8 Å². The molecule has 2 aromatic rings. The summed E-state index contributed by atoms with van der Waals surface area (Å²) in [6, 6.07) is 8.03. The van der Waals surface area contributed by atoms with Crippen LogP contribution in [0.4, 0.5) is 0 Å². The maximum atomic E-state index is 5.87. The largest absolute Gasteiger partial charge is 0.489 e. The molecular formula is C18H26N4O2. The lowest BCUT2D eigenvalue weighted by Gasteiger charge is -2.17. The molecule has 0 fully saturated rings. The first-order valence-corrected chi connectivity index (χ1v) is 8.08. The van der Waals surface area contributed by atoms with Crippen molar-refractivity contribution in [1.82, 2.24) is 15.6 Å². The summed E-state index contributed by atoms with van der Waals surface area (Å²) in [6.45, 7) is 9.03. The van der Waals surface area contributed by atoms with Gasteiger partial charge in [-0.1, -0.05) is 17.7 Å². The molecule has 0 saturated heterocycles. The Hall–Kier alpha value is -2.50. The number of aryl methyl sites for hydroxylation is 3. The van der Waals surface area contributed by atoms with Crippen molar-refractivity contribution in [2.45, 2.75) is 40.3 Å². The highest BCUT2D eigenvalue weighted by Gasteiger charge is 2.08. The van der Waals surface area contributed by atoms with Gasteiger partial charge < -0.3 is 19.8 Å². The van der Waals surface area contributed by atoms with Crippen LogP contribution < -0.4 is 15.4 Å². The number of nitrogens with zero attached hydrogens (tertiary/aromatic N) is 2. The zero-order valence-corrected chi connectivity index (χ0v) is 15.0. The number of rotatable bonds is 6. The van der Waals surface area contributed by atoms with Crippen LogP contribution in [0.3, 0.4) is 0 Å². The fourth-order valence-electron chi connectivity index (χ4n) is 2.13. The Balaban J connectivity index is 1.77. The molecule has 0 aliphatic carbocycles. The molecule has 0 saturated carbocycles. The first kappa shape index (κ1) is 17.8. The van der Waals surface area contributed by atoms with E-state index in [-0.39, 0.29) is 6.10 Å². The topological polar surface area (TPSA) is 71.7 Å². The summed E-state index contributed by atoms with van der Waals surface area (Å²) in [5.41, 5.74) is 2.13. The van der Waals surface area contributed by atoms with Crippen LogP contribution in [0.2, 0.25) is 0 Å². The summed E-state index contributed by atoms with van der Waals surface area (Å²) in [7, 11) is 1.73. The number of guanidine groups is 1. The summed E-state index contributed by atoms with van der Waals surface area (Å²) in [4.78, 5) is 8.53. The number of aromatic nitrogens is 1. The number of hydrogen-bond acceptors (Lipinski definition) is 4. The van der Waals surface area contributed by atoms with Crippen molar-refractivity contribution in [3.63, 3.8) is 0 Å². The Labute approximate surface area is 143 Å². The lowest BCUT2D eigenvalue weighted by molar-refractivity contribution is 0.224. The van der Waals surface area contributed by atoms with Crippen molar-refractivity contribution >= 4 is 5.96 Å². The Morgan fingerprint density at radius 2 is 1.92 bits per heavy atom. The van der Waals surface area contributed by atoms with Gasteiger partial charge in [-0.05, 0) is 39.8 Å². The third-order valence-corrected chi connectivity index (χ3v) is 3.62. The second-order valence-electron chi connectivity index (χ2n) is 5.80. The number of nitrogens with one attached hydrogen (secondary N) is 2. The zero-order valence-electron chi connectivity index (χ0n) is 15.0. The minimum atomic E-state index is 0.0116. The molecule has 1 unspecified atom stereocenters. The van der Waals surface area contributed by atoms with E-state index in [0.717, 1.165) is 17.2 Å². The van der Waals surface area contributed by atoms with Crippen LogP contribution in [0.15, 0.2) is 33.7 Å². The fourth-order valence-corrected chi connectivity index (χ4v) is 2.13. The monoisotopic (exact) mass is 330 g/mol. The summed E-state index contributed by atoms with van der Waals surface area (Å²) in [5.74, 6) is 3.04. The van der Waals surface area contributed by atoms with E-state index in [1.807, 2.05) is 45.0 Å². The van der Waals surface area contributed by atoms with E-state index < -0.39 is 0 Å². The maximum absolute atomic E-state index is 5.87. The summed E-state index contributed by atoms with van der Waals surface area (Å²) >= 11 is 0. The second kappa shape index (κ2) is 8.38. The van der Waals surface area contributed by atoms with Gasteiger partial charge in [-0.15, -0.1) is 0 Å². The van der Waals surface area contributed by atoms with Gasteiger partial charge >= 0.3 is 0 Å². The molecular weight excluding hydrogens is 304 g/mol. The van der Waals surface area contributed by atoms with E-state index in [9.17, 15) is 0 Å². The Morgan fingerprint density at radius 3 is 2.50 bits per heavy atom. The molecule has 1 aromatic heterocycles. The number of benzene rings is 1. The molecule has 0 spiro atoms. The Kier molecular flexibility index (Phi) is 6.23. The standard InChI is InChI=1S/C18H26N4O2/c1-12-6-8-16(9-7-12)23-13(2)10-20-18(19-5)21-11-17-22-14(3)15(4)24-17/h6-9,13H,10-11H2,1-5H3,(H2,19,20,21). The van der Waals surface area contributed by atoms with E-state index in [2.05, 4.69) is 27.5 Å². The van der Waals surface area contributed by atoms with Crippen molar-refractivity contribution in [2.24, 2.45) is 4.99 Å². The number of ether oxygens (including phenoxy) is 1. The van der Waals surface area contributed by atoms with Crippen molar-refractivity contribution in [2.75, 3.05) is 13.6 Å². The van der Waals surface area contributed by atoms with Crippen LogP contribution in [0.25, 0.3) is 0 Å². The first-order valence-electron chi connectivity index (χ1n) is 8.08. The van der Waals surface area contributed by atoms with Gasteiger partial charge in [-0.25, -0.2) is 4.98 Å². The van der Waals surface area contributed by atoms with Crippen molar-refractivity contribution in [3.8, 4) is 5.75 Å². The van der Waals surface area contributed by atoms with Gasteiger partial charge in [0.25, 0.3) is 0 Å². The third kappa shape index (κ3) is 5.30. The number of hydrogen-bond donors (Lipinski definition) is 2. The van der Waals surface area contributed by atoms with Gasteiger partial charge in [0, 0.05) is 7.05 Å².